The van der Waals surface area contributed by atoms with E-state index in [0.717, 1.165) is 35.5 Å². The second-order valence-corrected chi connectivity index (χ2v) is 8.74. The molecule has 0 N–H and O–H groups in total. The maximum Gasteiger partial charge on any atom is 0 e. The van der Waals surface area contributed by atoms with Crippen LogP contribution in [-0.4, -0.2) is 0 Å². The minimum absolute atomic E-state index is 0. The van der Waals surface area contributed by atoms with Crippen molar-refractivity contribution in [1.29, 1.82) is 0 Å². The Labute approximate surface area is 210 Å². The van der Waals surface area contributed by atoms with Crippen LogP contribution >= 0.6 is 0 Å². The van der Waals surface area contributed by atoms with E-state index in [-0.39, 0.29) is 47.6 Å². The van der Waals surface area contributed by atoms with Crippen LogP contribution in [0.3, 0.4) is 0 Å². The van der Waals surface area contributed by atoms with E-state index in [4.69, 9.17) is 0 Å². The standard InChI is InChI=1S/C15H28.2C3H8.2C2H6.2CH4.Y/c1-9(2)12-7-11-8-13(15(11,5)6)14(12)10(3)4;2*1-3-2;2*1-2;;;/h9-14H,7-8H2,1-6H3;2*3H2,1-2H3;2*1-2H3;2*1H4;. The van der Waals surface area contributed by atoms with Crippen molar-refractivity contribution in [2.75, 3.05) is 0 Å². The number of rotatable bonds is 2. The van der Waals surface area contributed by atoms with Gasteiger partial charge >= 0.3 is 0 Å². The van der Waals surface area contributed by atoms with Gasteiger partial charge in [-0.1, -0.05) is 125 Å². The van der Waals surface area contributed by atoms with Crippen molar-refractivity contribution in [2.45, 2.75) is 137 Å². The van der Waals surface area contributed by atoms with Crippen LogP contribution in [0.2, 0.25) is 0 Å². The molecule has 3 aliphatic rings. The SMILES string of the molecule is C.C.CC.CC.CC(C)C1CC2CC(C1C(C)C)C2(C)C.CCC.CCC.[Y]. The molecule has 1 heteroatoms. The Bertz CT molecular complexity index is 263. The first kappa shape index (κ1) is 43.1. The van der Waals surface area contributed by atoms with Crippen LogP contribution in [0.1, 0.15) is 137 Å². The van der Waals surface area contributed by atoms with Gasteiger partial charge < -0.3 is 0 Å². The second kappa shape index (κ2) is 24.4. The summed E-state index contributed by atoms with van der Waals surface area (Å²) in [5.74, 6) is 5.81. The van der Waals surface area contributed by atoms with Crippen LogP contribution in [0.25, 0.3) is 0 Å². The summed E-state index contributed by atoms with van der Waals surface area (Å²) in [4.78, 5) is 0. The van der Waals surface area contributed by atoms with Gasteiger partial charge in [0.25, 0.3) is 0 Å². The summed E-state index contributed by atoms with van der Waals surface area (Å²) in [5, 5.41) is 0. The first-order valence-electron chi connectivity index (χ1n) is 11.7. The average molecular weight is 478 g/mol. The van der Waals surface area contributed by atoms with E-state index in [0.29, 0.717) is 5.41 Å². The Hall–Kier alpha value is 1.10. The first-order valence-corrected chi connectivity index (χ1v) is 11.7. The molecule has 2 bridgehead atoms. The zero-order chi connectivity index (χ0) is 20.8. The van der Waals surface area contributed by atoms with Crippen molar-refractivity contribution in [3.63, 3.8) is 0 Å². The summed E-state index contributed by atoms with van der Waals surface area (Å²) in [6.45, 7) is 31.3. The molecule has 0 aliphatic heterocycles. The van der Waals surface area contributed by atoms with Crippen LogP contribution in [0, 0.1) is 40.9 Å². The van der Waals surface area contributed by atoms with E-state index in [9.17, 15) is 0 Å². The van der Waals surface area contributed by atoms with Gasteiger partial charge in [0, 0.05) is 32.7 Å². The Morgan fingerprint density at radius 2 is 1.04 bits per heavy atom. The van der Waals surface area contributed by atoms with Crippen LogP contribution in [0.15, 0.2) is 0 Å². The summed E-state index contributed by atoms with van der Waals surface area (Å²) in [6, 6.07) is 0. The molecule has 0 aromatic rings. The molecule has 0 saturated heterocycles. The summed E-state index contributed by atoms with van der Waals surface area (Å²) >= 11 is 0. The second-order valence-electron chi connectivity index (χ2n) is 8.74. The van der Waals surface area contributed by atoms with Gasteiger partial charge in [-0.2, -0.15) is 0 Å². The normalized spacial score (nSPS) is 24.9. The van der Waals surface area contributed by atoms with Crippen LogP contribution in [0.4, 0.5) is 0 Å². The minimum atomic E-state index is 0. The van der Waals surface area contributed by atoms with Crippen LogP contribution in [0.5, 0.6) is 0 Å². The predicted molar refractivity (Wildman–Crippen MR) is 135 cm³/mol. The molecule has 3 fully saturated rings. The molecule has 175 valence electrons. The van der Waals surface area contributed by atoms with Crippen molar-refractivity contribution in [1.82, 2.24) is 0 Å². The van der Waals surface area contributed by atoms with E-state index in [1.165, 1.54) is 25.7 Å². The predicted octanol–water partition coefficient (Wildman–Crippen LogP) is 10.8. The van der Waals surface area contributed by atoms with E-state index in [1.54, 1.807) is 0 Å². The van der Waals surface area contributed by atoms with Gasteiger partial charge in [-0.05, 0) is 53.8 Å². The topological polar surface area (TPSA) is 0 Å². The fourth-order valence-corrected chi connectivity index (χ4v) is 4.57. The summed E-state index contributed by atoms with van der Waals surface area (Å²) in [6.07, 6.45) is 5.53. The molecule has 3 rings (SSSR count). The maximum atomic E-state index is 2.51. The van der Waals surface area contributed by atoms with Crippen LogP contribution in [-0.2, 0) is 32.7 Å². The molecular formula is C27H64Y. The van der Waals surface area contributed by atoms with Gasteiger partial charge in [-0.25, -0.2) is 0 Å². The Kier molecular flexibility index (Phi) is 37.5. The molecule has 4 atom stereocenters. The van der Waals surface area contributed by atoms with Crippen molar-refractivity contribution in [2.24, 2.45) is 40.9 Å². The smallest absolute Gasteiger partial charge is 0 e. The first-order chi connectivity index (χ1) is 11.7. The fourth-order valence-electron chi connectivity index (χ4n) is 4.57. The zero-order valence-corrected chi connectivity index (χ0v) is 24.2. The third kappa shape index (κ3) is 13.4. The Morgan fingerprint density at radius 3 is 1.25 bits per heavy atom. The fraction of sp³-hybridized carbons (Fsp3) is 1.00. The quantitative estimate of drug-likeness (QED) is 0.371. The monoisotopic (exact) mass is 477 g/mol. The zero-order valence-electron chi connectivity index (χ0n) is 21.4. The molecule has 0 aromatic carbocycles. The van der Waals surface area contributed by atoms with Crippen molar-refractivity contribution >= 4 is 0 Å². The molecular weight excluding hydrogens is 413 g/mol. The molecule has 4 unspecified atom stereocenters. The molecule has 0 heterocycles. The third-order valence-electron chi connectivity index (χ3n) is 5.69. The summed E-state index contributed by atoms with van der Waals surface area (Å²) in [5.41, 5.74) is 0.653. The summed E-state index contributed by atoms with van der Waals surface area (Å²) < 4.78 is 0. The number of hydrogen-bond donors (Lipinski definition) is 0. The molecule has 3 aliphatic carbocycles. The van der Waals surface area contributed by atoms with Crippen molar-refractivity contribution < 1.29 is 32.7 Å². The number of fused-ring (bicyclic) bond motifs is 2. The molecule has 0 aromatic heterocycles. The largest absolute Gasteiger partial charge is 0.0776 e. The maximum absolute atomic E-state index is 2.51. The van der Waals surface area contributed by atoms with Gasteiger partial charge in [0.05, 0.1) is 0 Å². The average Bonchev–Trinajstić information content (AvgIpc) is 2.59. The van der Waals surface area contributed by atoms with E-state index >= 15 is 0 Å². The molecule has 3 saturated carbocycles. The third-order valence-corrected chi connectivity index (χ3v) is 5.69. The van der Waals surface area contributed by atoms with Gasteiger partial charge in [-0.15, -0.1) is 0 Å². The van der Waals surface area contributed by atoms with Crippen LogP contribution < -0.4 is 0 Å². The molecule has 1 radical (unpaired) electrons. The van der Waals surface area contributed by atoms with Crippen molar-refractivity contribution in [3.05, 3.63) is 0 Å². The molecule has 28 heavy (non-hydrogen) atoms. The molecule has 0 amide bonds. The van der Waals surface area contributed by atoms with E-state index in [2.05, 4.69) is 69.2 Å². The van der Waals surface area contributed by atoms with Gasteiger partial charge in [0.15, 0.2) is 0 Å². The Morgan fingerprint density at radius 1 is 0.714 bits per heavy atom. The molecule has 0 spiro atoms. The Balaban J connectivity index is -0.0000000807. The summed E-state index contributed by atoms with van der Waals surface area (Å²) in [7, 11) is 0. The molecule has 0 nitrogen and oxygen atoms in total. The van der Waals surface area contributed by atoms with E-state index < -0.39 is 0 Å². The number of hydrogen-bond acceptors (Lipinski definition) is 0. The van der Waals surface area contributed by atoms with E-state index in [1.807, 2.05) is 27.7 Å². The van der Waals surface area contributed by atoms with Crippen molar-refractivity contribution in [3.8, 4) is 0 Å². The minimum Gasteiger partial charge on any atom is -0.0776 e. The van der Waals surface area contributed by atoms with Gasteiger partial charge in [0.2, 0.25) is 0 Å². The van der Waals surface area contributed by atoms with Gasteiger partial charge in [-0.3, -0.25) is 0 Å². The van der Waals surface area contributed by atoms with Gasteiger partial charge in [0.1, 0.15) is 0 Å².